The molecule has 0 amide bonds. The molecule has 112 valence electrons. The number of hydrogen-bond acceptors (Lipinski definition) is 3. The Balaban J connectivity index is 1.94. The van der Waals surface area contributed by atoms with Crippen molar-refractivity contribution >= 4 is 5.69 Å². The predicted molar refractivity (Wildman–Crippen MR) is 85.4 cm³/mol. The molecule has 1 aromatic carbocycles. The first kappa shape index (κ1) is 15.3. The lowest BCUT2D eigenvalue weighted by molar-refractivity contribution is 0.199. The maximum atomic E-state index is 5.04. The van der Waals surface area contributed by atoms with Gasteiger partial charge in [0.05, 0.1) is 6.61 Å². The average molecular weight is 276 g/mol. The highest BCUT2D eigenvalue weighted by molar-refractivity contribution is 5.54. The Morgan fingerprint density at radius 3 is 2.75 bits per heavy atom. The van der Waals surface area contributed by atoms with Crippen LogP contribution in [0.4, 0.5) is 5.69 Å². The highest BCUT2D eigenvalue weighted by atomic mass is 16.5. The monoisotopic (exact) mass is 276 g/mol. The van der Waals surface area contributed by atoms with E-state index in [9.17, 15) is 0 Å². The minimum Gasteiger partial charge on any atom is -0.383 e. The van der Waals surface area contributed by atoms with Crippen LogP contribution in [0, 0.1) is 12.8 Å². The van der Waals surface area contributed by atoms with Crippen LogP contribution in [0.2, 0.25) is 0 Å². The van der Waals surface area contributed by atoms with Crippen LogP contribution < -0.4 is 10.2 Å². The molecule has 1 aliphatic carbocycles. The highest BCUT2D eigenvalue weighted by Crippen LogP contribution is 2.36. The van der Waals surface area contributed by atoms with Crippen molar-refractivity contribution < 1.29 is 4.74 Å². The molecule has 0 heterocycles. The fourth-order valence-corrected chi connectivity index (χ4v) is 2.74. The van der Waals surface area contributed by atoms with Crippen molar-refractivity contribution in [3.63, 3.8) is 0 Å². The Morgan fingerprint density at radius 1 is 1.40 bits per heavy atom. The summed E-state index contributed by atoms with van der Waals surface area (Å²) < 4.78 is 5.04. The van der Waals surface area contributed by atoms with E-state index in [4.69, 9.17) is 4.74 Å². The van der Waals surface area contributed by atoms with Crippen molar-refractivity contribution in [3.05, 3.63) is 29.3 Å². The van der Waals surface area contributed by atoms with Gasteiger partial charge in [-0.1, -0.05) is 12.1 Å². The van der Waals surface area contributed by atoms with Gasteiger partial charge in [-0.15, -0.1) is 0 Å². The molecule has 0 saturated heterocycles. The van der Waals surface area contributed by atoms with E-state index in [2.05, 4.69) is 49.3 Å². The molecule has 0 radical (unpaired) electrons. The van der Waals surface area contributed by atoms with Crippen LogP contribution in [0.25, 0.3) is 0 Å². The van der Waals surface area contributed by atoms with Gasteiger partial charge in [0.15, 0.2) is 0 Å². The smallest absolute Gasteiger partial charge is 0.0587 e. The topological polar surface area (TPSA) is 24.5 Å². The van der Waals surface area contributed by atoms with Crippen LogP contribution in [-0.2, 0) is 11.3 Å². The third-order valence-corrected chi connectivity index (χ3v) is 4.37. The number of aryl methyl sites for hydroxylation is 1. The predicted octanol–water partition coefficient (Wildman–Crippen LogP) is 2.97. The molecular formula is C17H28N2O. The molecule has 1 unspecified atom stereocenters. The van der Waals surface area contributed by atoms with E-state index in [0.717, 1.165) is 25.6 Å². The van der Waals surface area contributed by atoms with Crippen LogP contribution in [0.1, 0.15) is 30.9 Å². The first-order valence-corrected chi connectivity index (χ1v) is 7.65. The largest absolute Gasteiger partial charge is 0.383 e. The Hall–Kier alpha value is -1.06. The van der Waals surface area contributed by atoms with Crippen molar-refractivity contribution in [2.75, 3.05) is 32.2 Å². The molecule has 1 aliphatic rings. The second-order valence-electron chi connectivity index (χ2n) is 5.98. The normalized spacial score (nSPS) is 16.2. The number of nitrogens with one attached hydrogen (secondary N) is 1. The summed E-state index contributed by atoms with van der Waals surface area (Å²) in [5.41, 5.74) is 4.07. The van der Waals surface area contributed by atoms with Crippen molar-refractivity contribution in [2.45, 2.75) is 39.3 Å². The number of benzene rings is 1. The Bertz CT molecular complexity index is 429. The molecule has 0 spiro atoms. The minimum atomic E-state index is 0.652. The lowest BCUT2D eigenvalue weighted by Gasteiger charge is -2.29. The summed E-state index contributed by atoms with van der Waals surface area (Å²) in [5, 5.41) is 3.39. The van der Waals surface area contributed by atoms with E-state index in [1.54, 1.807) is 7.11 Å². The lowest BCUT2D eigenvalue weighted by atomic mass is 10.1. The highest BCUT2D eigenvalue weighted by Gasteiger charge is 2.30. The molecule has 3 nitrogen and oxygen atoms in total. The third-order valence-electron chi connectivity index (χ3n) is 4.37. The van der Waals surface area contributed by atoms with Crippen molar-refractivity contribution in [1.82, 2.24) is 5.32 Å². The molecule has 1 aromatic rings. The molecule has 0 aliphatic heterocycles. The summed E-state index contributed by atoms with van der Waals surface area (Å²) in [7, 11) is 3.96. The van der Waals surface area contributed by atoms with Gasteiger partial charge in [-0.05, 0) is 49.8 Å². The number of hydrogen-bond donors (Lipinski definition) is 1. The van der Waals surface area contributed by atoms with Crippen molar-refractivity contribution in [2.24, 2.45) is 5.92 Å². The van der Waals surface area contributed by atoms with E-state index in [1.165, 1.54) is 29.7 Å². The first-order valence-electron chi connectivity index (χ1n) is 7.65. The summed E-state index contributed by atoms with van der Waals surface area (Å²) in [6, 6.07) is 7.45. The van der Waals surface area contributed by atoms with Crippen LogP contribution in [0.5, 0.6) is 0 Å². The molecular weight excluding hydrogens is 248 g/mol. The van der Waals surface area contributed by atoms with Gasteiger partial charge in [-0.25, -0.2) is 0 Å². The van der Waals surface area contributed by atoms with E-state index >= 15 is 0 Å². The molecule has 2 rings (SSSR count). The summed E-state index contributed by atoms with van der Waals surface area (Å²) in [6.45, 7) is 7.13. The second kappa shape index (κ2) is 7.09. The van der Waals surface area contributed by atoms with Gasteiger partial charge in [-0.3, -0.25) is 0 Å². The second-order valence-corrected chi connectivity index (χ2v) is 5.98. The summed E-state index contributed by atoms with van der Waals surface area (Å²) in [5.74, 6) is 0.898. The Labute approximate surface area is 123 Å². The summed E-state index contributed by atoms with van der Waals surface area (Å²) >= 11 is 0. The van der Waals surface area contributed by atoms with Crippen LogP contribution in [0.15, 0.2) is 18.2 Å². The quantitative estimate of drug-likeness (QED) is 0.739. The molecule has 1 fully saturated rings. The van der Waals surface area contributed by atoms with Crippen molar-refractivity contribution in [1.29, 1.82) is 0 Å². The fraction of sp³-hybridized carbons (Fsp3) is 0.647. The van der Waals surface area contributed by atoms with Gasteiger partial charge in [0.2, 0.25) is 0 Å². The Kier molecular flexibility index (Phi) is 5.44. The molecule has 20 heavy (non-hydrogen) atoms. The van der Waals surface area contributed by atoms with E-state index in [-0.39, 0.29) is 0 Å². The SMILES string of the molecule is COCCNCc1ccc(N(C)C(C)C2CC2)c(C)c1. The number of rotatable bonds is 8. The molecule has 0 bridgehead atoms. The third kappa shape index (κ3) is 3.97. The average Bonchev–Trinajstić information content (AvgIpc) is 3.27. The number of methoxy groups -OCH3 is 1. The van der Waals surface area contributed by atoms with Crippen LogP contribution >= 0.6 is 0 Å². The van der Waals surface area contributed by atoms with Crippen molar-refractivity contribution in [3.8, 4) is 0 Å². The van der Waals surface area contributed by atoms with E-state index < -0.39 is 0 Å². The fourth-order valence-electron chi connectivity index (χ4n) is 2.74. The minimum absolute atomic E-state index is 0.652. The summed E-state index contributed by atoms with van der Waals surface area (Å²) in [4.78, 5) is 2.44. The van der Waals surface area contributed by atoms with Crippen LogP contribution in [-0.4, -0.2) is 33.4 Å². The number of anilines is 1. The van der Waals surface area contributed by atoms with E-state index in [1.807, 2.05) is 0 Å². The zero-order chi connectivity index (χ0) is 14.5. The maximum Gasteiger partial charge on any atom is 0.0587 e. The number of ether oxygens (including phenoxy) is 1. The van der Waals surface area contributed by atoms with Gasteiger partial charge in [-0.2, -0.15) is 0 Å². The molecule has 1 atom stereocenters. The van der Waals surface area contributed by atoms with Crippen LogP contribution in [0.3, 0.4) is 0 Å². The zero-order valence-electron chi connectivity index (χ0n) is 13.3. The van der Waals surface area contributed by atoms with Gasteiger partial charge < -0.3 is 15.0 Å². The van der Waals surface area contributed by atoms with E-state index in [0.29, 0.717) is 6.04 Å². The van der Waals surface area contributed by atoms with Gasteiger partial charge >= 0.3 is 0 Å². The molecule has 0 aromatic heterocycles. The first-order chi connectivity index (χ1) is 9.63. The standard InChI is InChI=1S/C17H28N2O/c1-13-11-15(12-18-9-10-20-4)5-8-17(13)19(3)14(2)16-6-7-16/h5,8,11,14,16,18H,6-7,9-10,12H2,1-4H3. The number of nitrogens with zero attached hydrogens (tertiary/aromatic N) is 1. The molecule has 1 saturated carbocycles. The zero-order valence-corrected chi connectivity index (χ0v) is 13.3. The Morgan fingerprint density at radius 2 is 2.15 bits per heavy atom. The van der Waals surface area contributed by atoms with Gasteiger partial charge in [0.1, 0.15) is 0 Å². The maximum absolute atomic E-state index is 5.04. The van der Waals surface area contributed by atoms with Gasteiger partial charge in [0, 0.05) is 39.0 Å². The lowest BCUT2D eigenvalue weighted by Crippen LogP contribution is -2.31. The molecule has 1 N–H and O–H groups in total. The molecule has 3 heteroatoms. The summed E-state index contributed by atoms with van der Waals surface area (Å²) in [6.07, 6.45) is 2.79. The van der Waals surface area contributed by atoms with Gasteiger partial charge in [0.25, 0.3) is 0 Å².